The monoisotopic (exact) mass is 198 g/mol. The van der Waals surface area contributed by atoms with Gasteiger partial charge in [0.25, 0.3) is 0 Å². The molecule has 2 heteroatoms. The summed E-state index contributed by atoms with van der Waals surface area (Å²) in [7, 11) is 0. The Morgan fingerprint density at radius 3 is 2.43 bits per heavy atom. The van der Waals surface area contributed by atoms with Gasteiger partial charge in [0.2, 0.25) is 0 Å². The van der Waals surface area contributed by atoms with E-state index < -0.39 is 6.10 Å². The predicted octanol–water partition coefficient (Wildman–Crippen LogP) is 2.56. The average Bonchev–Trinajstić information content (AvgIpc) is 2.14. The maximum atomic E-state index is 11.2. The molecule has 0 spiro atoms. The quantitative estimate of drug-likeness (QED) is 0.666. The van der Waals surface area contributed by atoms with Crippen molar-refractivity contribution in [2.75, 3.05) is 0 Å². The van der Waals surface area contributed by atoms with Crippen LogP contribution >= 0.6 is 0 Å². The molecule has 0 aliphatic carbocycles. The number of carbonyl (C=O) groups is 1. The van der Waals surface area contributed by atoms with E-state index in [4.69, 9.17) is 0 Å². The first-order valence-electron chi connectivity index (χ1n) is 5.34. The lowest BCUT2D eigenvalue weighted by molar-refractivity contribution is -0.125. The molecule has 0 aromatic heterocycles. The maximum absolute atomic E-state index is 11.2. The van der Waals surface area contributed by atoms with Crippen molar-refractivity contribution in [2.24, 2.45) is 11.8 Å². The molecule has 0 unspecified atom stereocenters. The van der Waals surface area contributed by atoms with Crippen molar-refractivity contribution in [1.82, 2.24) is 0 Å². The minimum atomic E-state index is -0.506. The van der Waals surface area contributed by atoms with Gasteiger partial charge in [-0.15, -0.1) is 0 Å². The number of hydrogen-bond donors (Lipinski definition) is 1. The number of rotatable bonds is 6. The lowest BCUT2D eigenvalue weighted by Gasteiger charge is -2.24. The molecule has 0 aliphatic rings. The summed E-state index contributed by atoms with van der Waals surface area (Å²) in [4.78, 5) is 11.2. The zero-order valence-electron chi connectivity index (χ0n) is 9.66. The largest absolute Gasteiger partial charge is 0.392 e. The summed E-state index contributed by atoms with van der Waals surface area (Å²) in [6, 6.07) is 0. The van der Waals surface area contributed by atoms with Crippen LogP contribution in [0.25, 0.3) is 0 Å². The second-order valence-electron chi connectivity index (χ2n) is 3.90. The highest BCUT2D eigenvalue weighted by Gasteiger charge is 2.25. The van der Waals surface area contributed by atoms with Crippen molar-refractivity contribution >= 4 is 5.78 Å². The molecule has 0 fully saturated rings. The highest BCUT2D eigenvalue weighted by molar-refractivity contribution is 5.78. The predicted molar refractivity (Wildman–Crippen MR) is 59.1 cm³/mol. The Hall–Kier alpha value is -0.630. The molecular weight excluding hydrogens is 176 g/mol. The fourth-order valence-electron chi connectivity index (χ4n) is 1.66. The normalized spacial score (nSPS) is 18.1. The van der Waals surface area contributed by atoms with Crippen molar-refractivity contribution < 1.29 is 9.90 Å². The smallest absolute Gasteiger partial charge is 0.135 e. The molecule has 0 aromatic carbocycles. The van der Waals surface area contributed by atoms with Gasteiger partial charge in [0, 0.05) is 5.92 Å². The third-order valence-electron chi connectivity index (χ3n) is 2.70. The number of aliphatic hydroxyl groups is 1. The van der Waals surface area contributed by atoms with Crippen LogP contribution in [0, 0.1) is 11.8 Å². The van der Waals surface area contributed by atoms with Gasteiger partial charge in [-0.25, -0.2) is 0 Å². The summed E-state index contributed by atoms with van der Waals surface area (Å²) in [6.07, 6.45) is 5.05. The van der Waals surface area contributed by atoms with E-state index in [-0.39, 0.29) is 17.6 Å². The third-order valence-corrected chi connectivity index (χ3v) is 2.70. The van der Waals surface area contributed by atoms with Crippen molar-refractivity contribution in [3.63, 3.8) is 0 Å². The van der Waals surface area contributed by atoms with Crippen molar-refractivity contribution in [2.45, 2.75) is 46.6 Å². The SMILES string of the molecule is C/C=C/C[C@@H](C)[C@@H](O)[C@H](CC)C(C)=O. The Kier molecular flexibility index (Phi) is 6.46. The summed E-state index contributed by atoms with van der Waals surface area (Å²) in [5, 5.41) is 9.92. The summed E-state index contributed by atoms with van der Waals surface area (Å²) in [5.74, 6) is 0.0441. The number of carbonyl (C=O) groups excluding carboxylic acids is 1. The van der Waals surface area contributed by atoms with Gasteiger partial charge in [-0.3, -0.25) is 4.79 Å². The molecule has 0 radical (unpaired) electrons. The van der Waals surface area contributed by atoms with Crippen LogP contribution in [-0.4, -0.2) is 17.0 Å². The second kappa shape index (κ2) is 6.77. The van der Waals surface area contributed by atoms with Gasteiger partial charge in [0.05, 0.1) is 6.10 Å². The molecule has 0 aromatic rings. The Morgan fingerprint density at radius 1 is 1.50 bits per heavy atom. The van der Waals surface area contributed by atoms with Crippen LogP contribution in [0.2, 0.25) is 0 Å². The minimum absolute atomic E-state index is 0.0901. The van der Waals surface area contributed by atoms with Gasteiger partial charge < -0.3 is 5.11 Å². The average molecular weight is 198 g/mol. The Balaban J connectivity index is 4.26. The zero-order chi connectivity index (χ0) is 11.1. The standard InChI is InChI=1S/C12H22O2/c1-5-7-8-9(3)12(14)11(6-2)10(4)13/h5,7,9,11-12,14H,6,8H2,1-4H3/b7-5+/t9-,11-,12-/m1/s1. The number of ketones is 1. The first-order valence-corrected chi connectivity index (χ1v) is 5.34. The van der Waals surface area contributed by atoms with Gasteiger partial charge in [0.1, 0.15) is 5.78 Å². The molecule has 0 bridgehead atoms. The van der Waals surface area contributed by atoms with E-state index in [1.54, 1.807) is 6.92 Å². The van der Waals surface area contributed by atoms with Gasteiger partial charge >= 0.3 is 0 Å². The molecule has 0 aliphatic heterocycles. The molecule has 14 heavy (non-hydrogen) atoms. The zero-order valence-corrected chi connectivity index (χ0v) is 9.66. The van der Waals surface area contributed by atoms with Crippen LogP contribution < -0.4 is 0 Å². The first-order chi connectivity index (χ1) is 6.54. The fourth-order valence-corrected chi connectivity index (χ4v) is 1.66. The van der Waals surface area contributed by atoms with Crippen LogP contribution in [0.4, 0.5) is 0 Å². The highest BCUT2D eigenvalue weighted by Crippen LogP contribution is 2.20. The van der Waals surface area contributed by atoms with E-state index in [1.807, 2.05) is 32.9 Å². The molecular formula is C12H22O2. The fraction of sp³-hybridized carbons (Fsp3) is 0.750. The van der Waals surface area contributed by atoms with Crippen molar-refractivity contribution in [3.05, 3.63) is 12.2 Å². The third kappa shape index (κ3) is 4.05. The van der Waals surface area contributed by atoms with E-state index in [2.05, 4.69) is 0 Å². The Morgan fingerprint density at radius 2 is 2.07 bits per heavy atom. The van der Waals surface area contributed by atoms with Crippen LogP contribution in [0.15, 0.2) is 12.2 Å². The van der Waals surface area contributed by atoms with Crippen molar-refractivity contribution in [3.8, 4) is 0 Å². The van der Waals surface area contributed by atoms with Crippen LogP contribution in [0.5, 0.6) is 0 Å². The molecule has 0 saturated heterocycles. The molecule has 3 atom stereocenters. The number of hydrogen-bond acceptors (Lipinski definition) is 2. The molecule has 0 amide bonds. The maximum Gasteiger partial charge on any atom is 0.135 e. The molecule has 0 saturated carbocycles. The van der Waals surface area contributed by atoms with Crippen LogP contribution in [-0.2, 0) is 4.79 Å². The summed E-state index contributed by atoms with van der Waals surface area (Å²) in [6.45, 7) is 7.44. The summed E-state index contributed by atoms with van der Waals surface area (Å²) in [5.41, 5.74) is 0. The molecule has 1 N–H and O–H groups in total. The lowest BCUT2D eigenvalue weighted by Crippen LogP contribution is -2.31. The van der Waals surface area contributed by atoms with Gasteiger partial charge in [-0.1, -0.05) is 26.0 Å². The topological polar surface area (TPSA) is 37.3 Å². The van der Waals surface area contributed by atoms with Gasteiger partial charge in [0.15, 0.2) is 0 Å². The highest BCUT2D eigenvalue weighted by atomic mass is 16.3. The second-order valence-corrected chi connectivity index (χ2v) is 3.90. The number of Topliss-reactive ketones (excluding diaryl/α,β-unsaturated/α-hetero) is 1. The Labute approximate surface area is 87.0 Å². The van der Waals surface area contributed by atoms with E-state index in [0.29, 0.717) is 0 Å². The summed E-state index contributed by atoms with van der Waals surface area (Å²) >= 11 is 0. The van der Waals surface area contributed by atoms with E-state index in [1.165, 1.54) is 0 Å². The van der Waals surface area contributed by atoms with E-state index in [0.717, 1.165) is 12.8 Å². The Bertz CT molecular complexity index is 196. The molecule has 0 heterocycles. The molecule has 0 rings (SSSR count). The lowest BCUT2D eigenvalue weighted by atomic mass is 9.86. The van der Waals surface area contributed by atoms with Crippen molar-refractivity contribution in [1.29, 1.82) is 0 Å². The molecule has 2 nitrogen and oxygen atoms in total. The minimum Gasteiger partial charge on any atom is -0.392 e. The van der Waals surface area contributed by atoms with E-state index in [9.17, 15) is 9.90 Å². The number of allylic oxidation sites excluding steroid dienone is 2. The molecule has 82 valence electrons. The number of aliphatic hydroxyl groups excluding tert-OH is 1. The van der Waals surface area contributed by atoms with Crippen LogP contribution in [0.1, 0.15) is 40.5 Å². The van der Waals surface area contributed by atoms with E-state index >= 15 is 0 Å². The summed E-state index contributed by atoms with van der Waals surface area (Å²) < 4.78 is 0. The first kappa shape index (κ1) is 13.4. The van der Waals surface area contributed by atoms with Gasteiger partial charge in [-0.05, 0) is 32.6 Å². The van der Waals surface area contributed by atoms with Gasteiger partial charge in [-0.2, -0.15) is 0 Å². The van der Waals surface area contributed by atoms with Crippen LogP contribution in [0.3, 0.4) is 0 Å².